The van der Waals surface area contributed by atoms with Crippen molar-refractivity contribution >= 4 is 43.4 Å². The van der Waals surface area contributed by atoms with Gasteiger partial charge in [-0.25, -0.2) is 18.4 Å². The molecule has 0 spiro atoms. The van der Waals surface area contributed by atoms with Crippen molar-refractivity contribution in [3.05, 3.63) is 64.9 Å². The van der Waals surface area contributed by atoms with Gasteiger partial charge in [0.1, 0.15) is 5.75 Å². The first-order chi connectivity index (χ1) is 14.8. The number of nitrogens with zero attached hydrogens (tertiary/aromatic N) is 2. The normalized spacial score (nSPS) is 10.9. The third kappa shape index (κ3) is 5.92. The minimum absolute atomic E-state index is 0.0139. The molecule has 2 aromatic carbocycles. The molecule has 0 aliphatic heterocycles. The number of carbonyl (C=O) groups excluding carboxylic acids is 1. The molecule has 0 aliphatic rings. The van der Waals surface area contributed by atoms with E-state index in [1.165, 1.54) is 43.8 Å². The SMILES string of the molecule is COc1nccnc1NS(=O)(=O)c1ccc(NC(=O)COc2ccc(Br)cc2C)cc1. The summed E-state index contributed by atoms with van der Waals surface area (Å²) in [4.78, 5) is 20.0. The number of sulfonamides is 1. The highest BCUT2D eigenvalue weighted by atomic mass is 79.9. The number of nitrogens with one attached hydrogen (secondary N) is 2. The predicted molar refractivity (Wildman–Crippen MR) is 119 cm³/mol. The number of aromatic nitrogens is 2. The Hall–Kier alpha value is -3.18. The van der Waals surface area contributed by atoms with Crippen LogP contribution < -0.4 is 19.5 Å². The summed E-state index contributed by atoms with van der Waals surface area (Å²) in [5.41, 5.74) is 1.32. The minimum atomic E-state index is -3.92. The van der Waals surface area contributed by atoms with Gasteiger partial charge in [0.25, 0.3) is 21.8 Å². The lowest BCUT2D eigenvalue weighted by Gasteiger charge is -2.11. The van der Waals surface area contributed by atoms with Crippen LogP contribution in [0.5, 0.6) is 11.6 Å². The van der Waals surface area contributed by atoms with Gasteiger partial charge in [-0.2, -0.15) is 0 Å². The first-order valence-corrected chi connectivity index (χ1v) is 11.2. The standard InChI is InChI=1S/C20H19BrN4O5S/c1-13-11-14(21)3-8-17(13)30-12-18(26)24-15-4-6-16(7-5-15)31(27,28)25-19-20(29-2)23-10-9-22-19/h3-11H,12H2,1-2H3,(H,22,25)(H,24,26). The van der Waals surface area contributed by atoms with Crippen LogP contribution in [-0.2, 0) is 14.8 Å². The fourth-order valence-corrected chi connectivity index (χ4v) is 4.05. The van der Waals surface area contributed by atoms with E-state index < -0.39 is 10.0 Å². The minimum Gasteiger partial charge on any atom is -0.483 e. The van der Waals surface area contributed by atoms with Crippen molar-refractivity contribution in [1.29, 1.82) is 0 Å². The van der Waals surface area contributed by atoms with Gasteiger partial charge in [-0.3, -0.25) is 9.52 Å². The highest BCUT2D eigenvalue weighted by Crippen LogP contribution is 2.23. The molecule has 0 bridgehead atoms. The Morgan fingerprint density at radius 3 is 2.48 bits per heavy atom. The van der Waals surface area contributed by atoms with E-state index in [0.29, 0.717) is 11.4 Å². The van der Waals surface area contributed by atoms with Crippen LogP contribution in [0.15, 0.2) is 64.2 Å². The molecule has 0 unspecified atom stereocenters. The number of halogens is 1. The maximum Gasteiger partial charge on any atom is 0.263 e. The molecule has 2 N–H and O–H groups in total. The molecule has 1 amide bonds. The zero-order valence-corrected chi connectivity index (χ0v) is 19.0. The van der Waals surface area contributed by atoms with Gasteiger partial charge in [-0.15, -0.1) is 0 Å². The van der Waals surface area contributed by atoms with Crippen LogP contribution in [0.2, 0.25) is 0 Å². The smallest absolute Gasteiger partial charge is 0.263 e. The molecule has 1 heterocycles. The van der Waals surface area contributed by atoms with E-state index >= 15 is 0 Å². The number of methoxy groups -OCH3 is 1. The van der Waals surface area contributed by atoms with Crippen molar-refractivity contribution in [2.45, 2.75) is 11.8 Å². The monoisotopic (exact) mass is 506 g/mol. The first-order valence-electron chi connectivity index (χ1n) is 8.95. The maximum atomic E-state index is 12.6. The van der Waals surface area contributed by atoms with E-state index in [1.807, 2.05) is 19.1 Å². The number of hydrogen-bond acceptors (Lipinski definition) is 7. The zero-order chi connectivity index (χ0) is 22.4. The number of benzene rings is 2. The Bertz CT molecular complexity index is 1190. The van der Waals surface area contributed by atoms with Gasteiger partial charge in [-0.1, -0.05) is 15.9 Å². The van der Waals surface area contributed by atoms with Crippen LogP contribution in [0.4, 0.5) is 11.5 Å². The Balaban J connectivity index is 1.62. The van der Waals surface area contributed by atoms with Crippen LogP contribution in [0.3, 0.4) is 0 Å². The van der Waals surface area contributed by atoms with Gasteiger partial charge >= 0.3 is 0 Å². The Morgan fingerprint density at radius 2 is 1.81 bits per heavy atom. The Kier molecular flexibility index (Phi) is 7.08. The molecule has 3 aromatic rings. The lowest BCUT2D eigenvalue weighted by atomic mass is 10.2. The van der Waals surface area contributed by atoms with Gasteiger partial charge in [0.2, 0.25) is 5.82 Å². The summed E-state index contributed by atoms with van der Waals surface area (Å²) in [6.07, 6.45) is 2.73. The predicted octanol–water partition coefficient (Wildman–Crippen LogP) is 3.37. The molecule has 0 saturated carbocycles. The van der Waals surface area contributed by atoms with E-state index in [2.05, 4.69) is 35.9 Å². The van der Waals surface area contributed by atoms with Crippen LogP contribution in [0.25, 0.3) is 0 Å². The van der Waals surface area contributed by atoms with E-state index in [9.17, 15) is 13.2 Å². The van der Waals surface area contributed by atoms with Crippen molar-refractivity contribution in [2.75, 3.05) is 23.8 Å². The van der Waals surface area contributed by atoms with Gasteiger partial charge in [0.05, 0.1) is 12.0 Å². The molecular weight excluding hydrogens is 488 g/mol. The lowest BCUT2D eigenvalue weighted by Crippen LogP contribution is -2.20. The largest absolute Gasteiger partial charge is 0.483 e. The van der Waals surface area contributed by atoms with E-state index in [1.54, 1.807) is 6.07 Å². The fraction of sp³-hybridized carbons (Fsp3) is 0.150. The summed E-state index contributed by atoms with van der Waals surface area (Å²) >= 11 is 3.37. The summed E-state index contributed by atoms with van der Waals surface area (Å²) in [6, 6.07) is 11.2. The molecule has 0 fully saturated rings. The highest BCUT2D eigenvalue weighted by Gasteiger charge is 2.18. The lowest BCUT2D eigenvalue weighted by molar-refractivity contribution is -0.118. The van der Waals surface area contributed by atoms with Gasteiger partial charge in [0.15, 0.2) is 6.61 Å². The van der Waals surface area contributed by atoms with Gasteiger partial charge in [0, 0.05) is 22.6 Å². The molecule has 31 heavy (non-hydrogen) atoms. The van der Waals surface area contributed by atoms with Crippen molar-refractivity contribution in [2.24, 2.45) is 0 Å². The molecule has 9 nitrogen and oxygen atoms in total. The molecular formula is C20H19BrN4O5S. The summed E-state index contributed by atoms with van der Waals surface area (Å²) in [5.74, 6) is 0.254. The molecule has 0 radical (unpaired) electrons. The average molecular weight is 507 g/mol. The van der Waals surface area contributed by atoms with Crippen LogP contribution in [0, 0.1) is 6.92 Å². The van der Waals surface area contributed by atoms with Gasteiger partial charge < -0.3 is 14.8 Å². The molecule has 11 heteroatoms. The van der Waals surface area contributed by atoms with Crippen LogP contribution >= 0.6 is 15.9 Å². The number of hydrogen-bond donors (Lipinski definition) is 2. The third-order valence-electron chi connectivity index (χ3n) is 4.03. The van der Waals surface area contributed by atoms with Crippen molar-refractivity contribution in [3.8, 4) is 11.6 Å². The molecule has 3 rings (SSSR count). The Morgan fingerprint density at radius 1 is 1.10 bits per heavy atom. The second-order valence-corrected chi connectivity index (χ2v) is 8.89. The zero-order valence-electron chi connectivity index (χ0n) is 16.6. The summed E-state index contributed by atoms with van der Waals surface area (Å²) in [7, 11) is -2.56. The number of anilines is 2. The summed E-state index contributed by atoms with van der Waals surface area (Å²) in [6.45, 7) is 1.69. The average Bonchev–Trinajstić information content (AvgIpc) is 2.73. The summed E-state index contributed by atoms with van der Waals surface area (Å²) < 4.78 is 38.9. The third-order valence-corrected chi connectivity index (χ3v) is 5.88. The molecule has 0 aliphatic carbocycles. The van der Waals surface area contributed by atoms with E-state index in [4.69, 9.17) is 9.47 Å². The Labute approximate surface area is 188 Å². The fourth-order valence-electron chi connectivity index (χ4n) is 2.56. The number of carbonyl (C=O) groups is 1. The second kappa shape index (κ2) is 9.75. The van der Waals surface area contributed by atoms with Crippen LogP contribution in [-0.4, -0.2) is 38.0 Å². The quantitative estimate of drug-likeness (QED) is 0.480. The topological polar surface area (TPSA) is 120 Å². The molecule has 162 valence electrons. The van der Waals surface area contributed by atoms with Crippen molar-refractivity contribution in [1.82, 2.24) is 9.97 Å². The molecule has 1 aromatic heterocycles. The first kappa shape index (κ1) is 22.5. The highest BCUT2D eigenvalue weighted by molar-refractivity contribution is 9.10. The number of aryl methyl sites for hydroxylation is 1. The molecule has 0 atom stereocenters. The molecule has 0 saturated heterocycles. The summed E-state index contributed by atoms with van der Waals surface area (Å²) in [5, 5.41) is 2.66. The number of rotatable bonds is 8. The number of ether oxygens (including phenoxy) is 2. The van der Waals surface area contributed by atoms with Crippen molar-refractivity contribution < 1.29 is 22.7 Å². The van der Waals surface area contributed by atoms with E-state index in [-0.39, 0.29) is 29.1 Å². The van der Waals surface area contributed by atoms with E-state index in [0.717, 1.165) is 10.0 Å². The number of amides is 1. The van der Waals surface area contributed by atoms with Crippen molar-refractivity contribution in [3.63, 3.8) is 0 Å². The maximum absolute atomic E-state index is 12.6. The van der Waals surface area contributed by atoms with Gasteiger partial charge in [-0.05, 0) is 55.0 Å². The second-order valence-electron chi connectivity index (χ2n) is 6.29. The van der Waals surface area contributed by atoms with Crippen LogP contribution in [0.1, 0.15) is 5.56 Å².